The maximum absolute atomic E-state index is 6.29. The Labute approximate surface area is 133 Å². The molecule has 0 bridgehead atoms. The minimum atomic E-state index is -0.126. The van der Waals surface area contributed by atoms with Gasteiger partial charge in [0.25, 0.3) is 0 Å². The van der Waals surface area contributed by atoms with Crippen molar-refractivity contribution in [3.05, 3.63) is 68.2 Å². The summed E-state index contributed by atoms with van der Waals surface area (Å²) < 4.78 is 0. The summed E-state index contributed by atoms with van der Waals surface area (Å²) in [7, 11) is 0. The van der Waals surface area contributed by atoms with Crippen molar-refractivity contribution in [3.8, 4) is 0 Å². The molecular formula is C15H15Cl3N2. The molecule has 20 heavy (non-hydrogen) atoms. The van der Waals surface area contributed by atoms with Crippen molar-refractivity contribution in [2.24, 2.45) is 5.84 Å². The average Bonchev–Trinajstić information content (AvgIpc) is 2.40. The largest absolute Gasteiger partial charge is 0.271 e. The number of nitrogens with one attached hydrogen (secondary N) is 1. The first kappa shape index (κ1) is 15.6. The number of hydrogen-bond donors (Lipinski definition) is 2. The molecule has 2 rings (SSSR count). The molecule has 1 unspecified atom stereocenters. The highest BCUT2D eigenvalue weighted by Crippen LogP contribution is 2.29. The Morgan fingerprint density at radius 1 is 1.05 bits per heavy atom. The SMILES string of the molecule is Cc1ccc(C(Cc2cc(Cl)ccc2Cl)NN)c(Cl)c1. The van der Waals surface area contributed by atoms with Gasteiger partial charge < -0.3 is 0 Å². The first-order valence-corrected chi connectivity index (χ1v) is 7.30. The van der Waals surface area contributed by atoms with Crippen LogP contribution in [0.4, 0.5) is 0 Å². The molecule has 5 heteroatoms. The van der Waals surface area contributed by atoms with Crippen LogP contribution < -0.4 is 11.3 Å². The van der Waals surface area contributed by atoms with E-state index >= 15 is 0 Å². The standard InChI is InChI=1S/C15H15Cl3N2/c1-9-2-4-12(14(18)6-9)15(20-19)8-10-7-11(16)3-5-13(10)17/h2-7,15,20H,8,19H2,1H3. The van der Waals surface area contributed by atoms with Gasteiger partial charge in [-0.3, -0.25) is 11.3 Å². The molecule has 0 aliphatic carbocycles. The van der Waals surface area contributed by atoms with Crippen LogP contribution in [0.2, 0.25) is 15.1 Å². The summed E-state index contributed by atoms with van der Waals surface area (Å²) in [5.74, 6) is 5.66. The summed E-state index contributed by atoms with van der Waals surface area (Å²) in [5, 5.41) is 2.00. The Morgan fingerprint density at radius 3 is 2.45 bits per heavy atom. The van der Waals surface area contributed by atoms with E-state index < -0.39 is 0 Å². The molecule has 0 amide bonds. The van der Waals surface area contributed by atoms with Crippen LogP contribution in [0.25, 0.3) is 0 Å². The smallest absolute Gasteiger partial charge is 0.0515 e. The molecule has 3 N–H and O–H groups in total. The molecule has 0 aliphatic heterocycles. The topological polar surface area (TPSA) is 38.0 Å². The van der Waals surface area contributed by atoms with E-state index in [9.17, 15) is 0 Å². The van der Waals surface area contributed by atoms with Crippen LogP contribution in [0.3, 0.4) is 0 Å². The highest BCUT2D eigenvalue weighted by molar-refractivity contribution is 6.33. The third-order valence-electron chi connectivity index (χ3n) is 3.16. The fraction of sp³-hybridized carbons (Fsp3) is 0.200. The zero-order chi connectivity index (χ0) is 14.7. The minimum absolute atomic E-state index is 0.126. The van der Waals surface area contributed by atoms with Gasteiger partial charge in [-0.2, -0.15) is 0 Å². The van der Waals surface area contributed by atoms with Crippen molar-refractivity contribution >= 4 is 34.8 Å². The number of halogens is 3. The van der Waals surface area contributed by atoms with Crippen LogP contribution in [0.15, 0.2) is 36.4 Å². The molecule has 0 radical (unpaired) electrons. The predicted molar refractivity (Wildman–Crippen MR) is 86.4 cm³/mol. The quantitative estimate of drug-likeness (QED) is 0.630. The fourth-order valence-corrected chi connectivity index (χ4v) is 2.85. The first-order valence-electron chi connectivity index (χ1n) is 6.17. The maximum Gasteiger partial charge on any atom is 0.0515 e. The Morgan fingerprint density at radius 2 is 1.80 bits per heavy atom. The van der Waals surface area contributed by atoms with E-state index in [-0.39, 0.29) is 6.04 Å². The maximum atomic E-state index is 6.29. The van der Waals surface area contributed by atoms with Gasteiger partial charge in [0.1, 0.15) is 0 Å². The molecule has 1 atom stereocenters. The lowest BCUT2D eigenvalue weighted by molar-refractivity contribution is 0.552. The number of hydrazine groups is 1. The van der Waals surface area contributed by atoms with Gasteiger partial charge >= 0.3 is 0 Å². The molecule has 0 heterocycles. The normalized spacial score (nSPS) is 12.4. The zero-order valence-corrected chi connectivity index (χ0v) is 13.2. The lowest BCUT2D eigenvalue weighted by Crippen LogP contribution is -2.29. The monoisotopic (exact) mass is 328 g/mol. The second-order valence-electron chi connectivity index (χ2n) is 4.68. The van der Waals surface area contributed by atoms with Crippen LogP contribution in [-0.4, -0.2) is 0 Å². The highest BCUT2D eigenvalue weighted by atomic mass is 35.5. The number of aryl methyl sites for hydroxylation is 1. The Balaban J connectivity index is 2.31. The summed E-state index contributed by atoms with van der Waals surface area (Å²) in [4.78, 5) is 0. The third-order valence-corrected chi connectivity index (χ3v) is 4.10. The Hall–Kier alpha value is -0.770. The lowest BCUT2D eigenvalue weighted by atomic mass is 9.98. The van der Waals surface area contributed by atoms with E-state index in [1.165, 1.54) is 0 Å². The van der Waals surface area contributed by atoms with Crippen LogP contribution in [-0.2, 0) is 6.42 Å². The molecular weight excluding hydrogens is 315 g/mol. The zero-order valence-electron chi connectivity index (χ0n) is 11.0. The van der Waals surface area contributed by atoms with Gasteiger partial charge in [0, 0.05) is 15.1 Å². The number of nitrogens with two attached hydrogens (primary N) is 1. The van der Waals surface area contributed by atoms with Crippen molar-refractivity contribution in [3.63, 3.8) is 0 Å². The molecule has 0 aromatic heterocycles. The van der Waals surface area contributed by atoms with E-state index in [1.54, 1.807) is 12.1 Å². The molecule has 0 fully saturated rings. The van der Waals surface area contributed by atoms with Gasteiger partial charge in [0.2, 0.25) is 0 Å². The van der Waals surface area contributed by atoms with E-state index in [0.29, 0.717) is 21.5 Å². The molecule has 2 aromatic carbocycles. The van der Waals surface area contributed by atoms with Gasteiger partial charge in [-0.1, -0.05) is 46.9 Å². The van der Waals surface area contributed by atoms with Crippen molar-refractivity contribution in [1.82, 2.24) is 5.43 Å². The van der Waals surface area contributed by atoms with Crippen LogP contribution in [0, 0.1) is 6.92 Å². The summed E-state index contributed by atoms with van der Waals surface area (Å²) in [6.45, 7) is 1.99. The number of benzene rings is 2. The second-order valence-corrected chi connectivity index (χ2v) is 5.93. The molecule has 2 aromatic rings. The number of hydrogen-bond acceptors (Lipinski definition) is 2. The van der Waals surface area contributed by atoms with Gasteiger partial charge in [-0.15, -0.1) is 0 Å². The van der Waals surface area contributed by atoms with E-state index in [4.69, 9.17) is 40.6 Å². The van der Waals surface area contributed by atoms with Crippen molar-refractivity contribution in [1.29, 1.82) is 0 Å². The molecule has 106 valence electrons. The molecule has 0 aliphatic rings. The highest BCUT2D eigenvalue weighted by Gasteiger charge is 2.16. The van der Waals surface area contributed by atoms with Crippen molar-refractivity contribution in [2.45, 2.75) is 19.4 Å². The average molecular weight is 330 g/mol. The van der Waals surface area contributed by atoms with Gasteiger partial charge in [0.05, 0.1) is 6.04 Å². The summed E-state index contributed by atoms with van der Waals surface area (Å²) in [5.41, 5.74) is 5.76. The predicted octanol–water partition coefficient (Wildman–Crippen LogP) is 4.70. The summed E-state index contributed by atoms with van der Waals surface area (Å²) in [6, 6.07) is 11.2. The molecule has 2 nitrogen and oxygen atoms in total. The van der Waals surface area contributed by atoms with Gasteiger partial charge in [-0.25, -0.2) is 0 Å². The second kappa shape index (κ2) is 6.79. The molecule has 0 saturated heterocycles. The Kier molecular flexibility index (Phi) is 5.30. The lowest BCUT2D eigenvalue weighted by Gasteiger charge is -2.19. The van der Waals surface area contributed by atoms with E-state index in [1.807, 2.05) is 31.2 Å². The third kappa shape index (κ3) is 3.66. The van der Waals surface area contributed by atoms with Gasteiger partial charge in [-0.05, 0) is 54.3 Å². The fourth-order valence-electron chi connectivity index (χ4n) is 2.09. The van der Waals surface area contributed by atoms with Crippen molar-refractivity contribution < 1.29 is 0 Å². The van der Waals surface area contributed by atoms with Gasteiger partial charge in [0.15, 0.2) is 0 Å². The minimum Gasteiger partial charge on any atom is -0.271 e. The van der Waals surface area contributed by atoms with Crippen LogP contribution >= 0.6 is 34.8 Å². The van der Waals surface area contributed by atoms with Crippen LogP contribution in [0.1, 0.15) is 22.7 Å². The first-order chi connectivity index (χ1) is 9.51. The molecule has 0 saturated carbocycles. The van der Waals surface area contributed by atoms with E-state index in [0.717, 1.165) is 16.7 Å². The molecule has 0 spiro atoms. The summed E-state index contributed by atoms with van der Waals surface area (Å²) in [6.07, 6.45) is 0.610. The van der Waals surface area contributed by atoms with Crippen molar-refractivity contribution in [2.75, 3.05) is 0 Å². The van der Waals surface area contributed by atoms with E-state index in [2.05, 4.69) is 5.43 Å². The van der Waals surface area contributed by atoms with Crippen LogP contribution in [0.5, 0.6) is 0 Å². The summed E-state index contributed by atoms with van der Waals surface area (Å²) >= 11 is 18.5. The number of rotatable bonds is 4. The Bertz CT molecular complexity index is 614.